The molecule has 1 aliphatic carbocycles. The number of aromatic nitrogens is 2. The quantitative estimate of drug-likeness (QED) is 0.737. The number of benzene rings is 1. The summed E-state index contributed by atoms with van der Waals surface area (Å²) in [5, 5.41) is 10.8. The Morgan fingerprint density at radius 2 is 2.21 bits per heavy atom. The first-order valence-electron chi connectivity index (χ1n) is 6.53. The molecular weight excluding hydrogens is 240 g/mol. The molecule has 0 radical (unpaired) electrons. The summed E-state index contributed by atoms with van der Waals surface area (Å²) in [4.78, 5) is 12.3. The fraction of sp³-hybridized carbons (Fsp3) is 0.429. The fourth-order valence-electron chi connectivity index (χ4n) is 2.46. The number of nitrogen functional groups attached to an aromatic ring is 1. The predicted molar refractivity (Wildman–Crippen MR) is 74.8 cm³/mol. The number of aromatic amines is 1. The van der Waals surface area contributed by atoms with E-state index < -0.39 is 0 Å². The summed E-state index contributed by atoms with van der Waals surface area (Å²) in [6.07, 6.45) is 2.36. The van der Waals surface area contributed by atoms with Crippen molar-refractivity contribution in [3.05, 3.63) is 23.9 Å². The second-order valence-corrected chi connectivity index (χ2v) is 5.83. The van der Waals surface area contributed by atoms with Crippen LogP contribution in [0.15, 0.2) is 18.2 Å². The number of fused-ring (bicyclic) bond motifs is 1. The Hall–Kier alpha value is -2.04. The monoisotopic (exact) mass is 258 g/mol. The van der Waals surface area contributed by atoms with Gasteiger partial charge in [-0.3, -0.25) is 9.89 Å². The molecule has 1 amide bonds. The highest BCUT2D eigenvalue weighted by Crippen LogP contribution is 2.39. The van der Waals surface area contributed by atoms with Gasteiger partial charge in [0, 0.05) is 16.6 Å². The van der Waals surface area contributed by atoms with Crippen molar-refractivity contribution in [2.75, 3.05) is 5.73 Å². The maximum Gasteiger partial charge on any atom is 0.272 e. The standard InChI is InChI=1S/C14H18N4O/c1-14(2,8-3-4-8)16-13(19)12-10-7-9(15)5-6-11(10)17-18-12/h5-8H,3-4,15H2,1-2H3,(H,16,19)(H,17,18). The number of rotatable bonds is 3. The van der Waals surface area contributed by atoms with Crippen molar-refractivity contribution in [1.82, 2.24) is 15.5 Å². The average molecular weight is 258 g/mol. The number of amides is 1. The van der Waals surface area contributed by atoms with Gasteiger partial charge in [0.25, 0.3) is 5.91 Å². The SMILES string of the molecule is CC(C)(NC(=O)c1n[nH]c2ccc(N)cc12)C1CC1. The minimum Gasteiger partial charge on any atom is -0.399 e. The van der Waals surface area contributed by atoms with Gasteiger partial charge in [-0.05, 0) is 50.8 Å². The lowest BCUT2D eigenvalue weighted by atomic mass is 9.98. The van der Waals surface area contributed by atoms with Crippen molar-refractivity contribution < 1.29 is 4.79 Å². The lowest BCUT2D eigenvalue weighted by Gasteiger charge is -2.25. The van der Waals surface area contributed by atoms with Gasteiger partial charge in [0.1, 0.15) is 0 Å². The van der Waals surface area contributed by atoms with Gasteiger partial charge in [0.15, 0.2) is 5.69 Å². The number of anilines is 1. The minimum atomic E-state index is -0.178. The van der Waals surface area contributed by atoms with E-state index in [4.69, 9.17) is 5.73 Å². The Bertz CT molecular complexity index is 640. The van der Waals surface area contributed by atoms with Crippen molar-refractivity contribution in [2.45, 2.75) is 32.2 Å². The number of carbonyl (C=O) groups excluding carboxylic acids is 1. The first-order valence-corrected chi connectivity index (χ1v) is 6.53. The van der Waals surface area contributed by atoms with E-state index in [0.29, 0.717) is 17.3 Å². The molecule has 0 spiro atoms. The molecule has 3 rings (SSSR count). The van der Waals surface area contributed by atoms with Crippen molar-refractivity contribution >= 4 is 22.5 Å². The molecule has 0 saturated heterocycles. The number of carbonyl (C=O) groups is 1. The molecule has 4 N–H and O–H groups in total. The van der Waals surface area contributed by atoms with E-state index in [1.165, 1.54) is 12.8 Å². The van der Waals surface area contributed by atoms with Gasteiger partial charge in [-0.2, -0.15) is 5.10 Å². The van der Waals surface area contributed by atoms with Crippen LogP contribution in [0.25, 0.3) is 10.9 Å². The molecule has 100 valence electrons. The highest BCUT2D eigenvalue weighted by atomic mass is 16.2. The molecule has 0 atom stereocenters. The van der Waals surface area contributed by atoms with E-state index in [-0.39, 0.29) is 11.4 Å². The van der Waals surface area contributed by atoms with Crippen LogP contribution in [0.3, 0.4) is 0 Å². The number of nitrogens with two attached hydrogens (primary N) is 1. The van der Waals surface area contributed by atoms with Crippen LogP contribution < -0.4 is 11.1 Å². The Labute approximate surface area is 111 Å². The second kappa shape index (κ2) is 3.98. The Kier molecular flexibility index (Phi) is 2.52. The van der Waals surface area contributed by atoms with Gasteiger partial charge in [-0.25, -0.2) is 0 Å². The largest absolute Gasteiger partial charge is 0.399 e. The molecule has 19 heavy (non-hydrogen) atoms. The van der Waals surface area contributed by atoms with Crippen molar-refractivity contribution in [3.63, 3.8) is 0 Å². The molecule has 5 nitrogen and oxygen atoms in total. The minimum absolute atomic E-state index is 0.145. The summed E-state index contributed by atoms with van der Waals surface area (Å²) in [7, 11) is 0. The van der Waals surface area contributed by atoms with E-state index in [0.717, 1.165) is 10.9 Å². The van der Waals surface area contributed by atoms with Gasteiger partial charge in [-0.1, -0.05) is 0 Å². The second-order valence-electron chi connectivity index (χ2n) is 5.83. The van der Waals surface area contributed by atoms with Crippen LogP contribution in [0.4, 0.5) is 5.69 Å². The predicted octanol–water partition coefficient (Wildman–Crippen LogP) is 2.06. The maximum atomic E-state index is 12.3. The number of H-pyrrole nitrogens is 1. The molecule has 2 aromatic rings. The van der Waals surface area contributed by atoms with Gasteiger partial charge < -0.3 is 11.1 Å². The smallest absolute Gasteiger partial charge is 0.272 e. The van der Waals surface area contributed by atoms with Gasteiger partial charge in [0.2, 0.25) is 0 Å². The first kappa shape index (κ1) is 12.0. The highest BCUT2D eigenvalue weighted by molar-refractivity contribution is 6.05. The summed E-state index contributed by atoms with van der Waals surface area (Å²) in [5.41, 5.74) is 7.45. The summed E-state index contributed by atoms with van der Waals surface area (Å²) in [5.74, 6) is 0.431. The molecule has 1 aromatic heterocycles. The summed E-state index contributed by atoms with van der Waals surface area (Å²) >= 11 is 0. The van der Waals surface area contributed by atoms with Gasteiger partial charge in [0.05, 0.1) is 5.52 Å². The van der Waals surface area contributed by atoms with E-state index in [2.05, 4.69) is 29.4 Å². The molecular formula is C14H18N4O. The van der Waals surface area contributed by atoms with Crippen LogP contribution >= 0.6 is 0 Å². The molecule has 1 saturated carbocycles. The molecule has 0 aliphatic heterocycles. The van der Waals surface area contributed by atoms with Crippen LogP contribution in [-0.2, 0) is 0 Å². The van der Waals surface area contributed by atoms with Crippen molar-refractivity contribution in [3.8, 4) is 0 Å². The van der Waals surface area contributed by atoms with Gasteiger partial charge in [-0.15, -0.1) is 0 Å². The number of hydrogen-bond acceptors (Lipinski definition) is 3. The summed E-state index contributed by atoms with van der Waals surface area (Å²) in [6, 6.07) is 5.40. The number of nitrogens with zero attached hydrogens (tertiary/aromatic N) is 1. The zero-order chi connectivity index (χ0) is 13.6. The Balaban J connectivity index is 1.91. The molecule has 0 bridgehead atoms. The van der Waals surface area contributed by atoms with Crippen LogP contribution in [0.5, 0.6) is 0 Å². The topological polar surface area (TPSA) is 83.8 Å². The number of hydrogen-bond donors (Lipinski definition) is 3. The van der Waals surface area contributed by atoms with E-state index in [1.807, 2.05) is 6.07 Å². The van der Waals surface area contributed by atoms with Gasteiger partial charge >= 0.3 is 0 Å². The van der Waals surface area contributed by atoms with E-state index in [1.54, 1.807) is 12.1 Å². The summed E-state index contributed by atoms with van der Waals surface area (Å²) in [6.45, 7) is 4.12. The first-order chi connectivity index (χ1) is 8.97. The van der Waals surface area contributed by atoms with Crippen LogP contribution in [0.1, 0.15) is 37.2 Å². The van der Waals surface area contributed by atoms with E-state index in [9.17, 15) is 4.79 Å². The third kappa shape index (κ3) is 2.16. The maximum absolute atomic E-state index is 12.3. The zero-order valence-corrected chi connectivity index (χ0v) is 11.2. The van der Waals surface area contributed by atoms with E-state index >= 15 is 0 Å². The molecule has 1 heterocycles. The number of nitrogens with one attached hydrogen (secondary N) is 2. The molecule has 1 aliphatic rings. The Morgan fingerprint density at radius 3 is 2.89 bits per heavy atom. The zero-order valence-electron chi connectivity index (χ0n) is 11.2. The molecule has 1 fully saturated rings. The van der Waals surface area contributed by atoms with Crippen LogP contribution in [0.2, 0.25) is 0 Å². The van der Waals surface area contributed by atoms with Crippen molar-refractivity contribution in [2.24, 2.45) is 5.92 Å². The molecule has 5 heteroatoms. The summed E-state index contributed by atoms with van der Waals surface area (Å²) < 4.78 is 0. The molecule has 0 unspecified atom stereocenters. The van der Waals surface area contributed by atoms with Crippen molar-refractivity contribution in [1.29, 1.82) is 0 Å². The molecule has 1 aromatic carbocycles. The average Bonchev–Trinajstić information content (AvgIpc) is 3.10. The Morgan fingerprint density at radius 1 is 1.47 bits per heavy atom. The highest BCUT2D eigenvalue weighted by Gasteiger charge is 2.39. The lowest BCUT2D eigenvalue weighted by molar-refractivity contribution is 0.0900. The third-order valence-electron chi connectivity index (χ3n) is 3.84. The fourth-order valence-corrected chi connectivity index (χ4v) is 2.46. The lowest BCUT2D eigenvalue weighted by Crippen LogP contribution is -2.45. The normalized spacial score (nSPS) is 15.7. The third-order valence-corrected chi connectivity index (χ3v) is 3.84. The van der Waals surface area contributed by atoms with Crippen LogP contribution in [-0.4, -0.2) is 21.6 Å². The van der Waals surface area contributed by atoms with Crippen LogP contribution in [0, 0.1) is 5.92 Å².